The molecule has 0 aromatic carbocycles. The second-order valence-corrected chi connectivity index (χ2v) is 1.24. The van der Waals surface area contributed by atoms with Crippen LogP contribution in [0.3, 0.4) is 0 Å². The number of hydrogen-bond acceptors (Lipinski definition) is 2. The first-order valence-electron chi connectivity index (χ1n) is 1.74. The van der Waals surface area contributed by atoms with Crippen molar-refractivity contribution in [2.75, 3.05) is 0 Å². The fourth-order valence-electron chi connectivity index (χ4n) is 0.182. The fourth-order valence-corrected chi connectivity index (χ4v) is 0.182. The molecule has 0 aromatic heterocycles. The van der Waals surface area contributed by atoms with Crippen molar-refractivity contribution in [1.82, 2.24) is 0 Å². The molecule has 0 aromatic rings. The average Bonchev–Trinajstić information content (AvgIpc) is 1.21. The van der Waals surface area contributed by atoms with Gasteiger partial charge < -0.3 is 10.2 Å². The van der Waals surface area contributed by atoms with Gasteiger partial charge in [-0.05, 0) is 0 Å². The van der Waals surface area contributed by atoms with Crippen LogP contribution in [-0.2, 0) is 4.79 Å². The molecule has 0 aliphatic heterocycles. The molecule has 0 spiro atoms. The Bertz CT molecular complexity index is 95.2. The van der Waals surface area contributed by atoms with E-state index in [1.54, 1.807) is 0 Å². The van der Waals surface area contributed by atoms with E-state index in [-0.39, 0.29) is 0 Å². The molecule has 48 valence electrons. The predicted molar refractivity (Wildman–Crippen MR) is 19.4 cm³/mol. The first-order chi connectivity index (χ1) is 3.42. The van der Waals surface area contributed by atoms with Crippen molar-refractivity contribution < 1.29 is 23.8 Å². The molecule has 3 nitrogen and oxygen atoms in total. The summed E-state index contributed by atoms with van der Waals surface area (Å²) in [6.07, 6.45) is -5.61. The van der Waals surface area contributed by atoms with Crippen LogP contribution >= 0.6 is 0 Å². The zero-order valence-corrected chi connectivity index (χ0v) is 3.77. The van der Waals surface area contributed by atoms with Gasteiger partial charge in [-0.15, -0.1) is 0 Å². The van der Waals surface area contributed by atoms with Crippen molar-refractivity contribution in [2.45, 2.75) is 12.5 Å². The lowest BCUT2D eigenvalue weighted by Crippen LogP contribution is -2.19. The van der Waals surface area contributed by atoms with Crippen molar-refractivity contribution in [3.05, 3.63) is 0 Å². The zero-order valence-electron chi connectivity index (χ0n) is 3.77. The summed E-state index contributed by atoms with van der Waals surface area (Å²) in [6, 6.07) is 0. The lowest BCUT2D eigenvalue weighted by molar-refractivity contribution is -0.208. The maximum absolute atomic E-state index is 11.1. The standard InChI is InChI=1S/C3H4F2O3/c4-3(5,8)1-2(6)7/h8H,1H2,(H,6,7). The van der Waals surface area contributed by atoms with E-state index in [9.17, 15) is 13.6 Å². The van der Waals surface area contributed by atoms with E-state index in [1.165, 1.54) is 0 Å². The number of hydrogen-bond donors (Lipinski definition) is 2. The third-order valence-corrected chi connectivity index (χ3v) is 0.364. The second kappa shape index (κ2) is 2.04. The number of carbonyl (C=O) groups is 1. The maximum Gasteiger partial charge on any atom is 0.363 e. The molecule has 0 bridgehead atoms. The first-order valence-corrected chi connectivity index (χ1v) is 1.74. The van der Waals surface area contributed by atoms with Crippen molar-refractivity contribution >= 4 is 5.97 Å². The minimum Gasteiger partial charge on any atom is -0.481 e. The molecule has 0 heterocycles. The van der Waals surface area contributed by atoms with E-state index in [1.807, 2.05) is 0 Å². The summed E-state index contributed by atoms with van der Waals surface area (Å²) in [5.74, 6) is -1.72. The van der Waals surface area contributed by atoms with E-state index in [4.69, 9.17) is 10.2 Å². The van der Waals surface area contributed by atoms with Crippen molar-refractivity contribution in [3.63, 3.8) is 0 Å². The van der Waals surface area contributed by atoms with Crippen molar-refractivity contribution in [3.8, 4) is 0 Å². The summed E-state index contributed by atoms with van der Waals surface area (Å²) >= 11 is 0. The summed E-state index contributed by atoms with van der Waals surface area (Å²) in [6.45, 7) is 0. The Morgan fingerprint density at radius 3 is 2.00 bits per heavy atom. The molecule has 0 amide bonds. The van der Waals surface area contributed by atoms with Crippen LogP contribution in [0.1, 0.15) is 6.42 Å². The highest BCUT2D eigenvalue weighted by atomic mass is 19.3. The first kappa shape index (κ1) is 7.29. The largest absolute Gasteiger partial charge is 0.481 e. The SMILES string of the molecule is O=C(O)CC(O)(F)F. The number of rotatable bonds is 2. The number of halogens is 2. The van der Waals surface area contributed by atoms with E-state index >= 15 is 0 Å². The van der Waals surface area contributed by atoms with Gasteiger partial charge >= 0.3 is 12.1 Å². The Kier molecular flexibility index (Phi) is 1.86. The molecule has 0 saturated carbocycles. The summed E-state index contributed by atoms with van der Waals surface area (Å²) in [5.41, 5.74) is 0. The molecule has 8 heavy (non-hydrogen) atoms. The highest BCUT2D eigenvalue weighted by Crippen LogP contribution is 2.11. The molecule has 0 fully saturated rings. The molecule has 0 saturated heterocycles. The third-order valence-electron chi connectivity index (χ3n) is 0.364. The van der Waals surface area contributed by atoms with Gasteiger partial charge in [0.05, 0.1) is 0 Å². The number of carboxylic acid groups (broad SMARTS) is 1. The van der Waals surface area contributed by atoms with E-state index < -0.39 is 18.5 Å². The zero-order chi connectivity index (χ0) is 6.78. The summed E-state index contributed by atoms with van der Waals surface area (Å²) in [7, 11) is 0. The van der Waals surface area contributed by atoms with E-state index in [2.05, 4.69) is 0 Å². The molecule has 0 atom stereocenters. The molecule has 0 rings (SSSR count). The third kappa shape index (κ3) is 5.29. The fraction of sp³-hybridized carbons (Fsp3) is 0.667. The predicted octanol–water partition coefficient (Wildman–Crippen LogP) is 0.0462. The van der Waals surface area contributed by atoms with Crippen molar-refractivity contribution in [2.24, 2.45) is 0 Å². The van der Waals surface area contributed by atoms with Crippen LogP contribution in [-0.4, -0.2) is 22.3 Å². The second-order valence-electron chi connectivity index (χ2n) is 1.24. The highest BCUT2D eigenvalue weighted by Gasteiger charge is 2.27. The van der Waals surface area contributed by atoms with Gasteiger partial charge in [-0.2, -0.15) is 8.78 Å². The minimum absolute atomic E-state index is 1.53. The lowest BCUT2D eigenvalue weighted by atomic mass is 10.4. The number of aliphatic hydroxyl groups is 1. The Morgan fingerprint density at radius 2 is 2.00 bits per heavy atom. The van der Waals surface area contributed by atoms with Gasteiger partial charge in [-0.1, -0.05) is 0 Å². The maximum atomic E-state index is 11.1. The molecular weight excluding hydrogens is 122 g/mol. The van der Waals surface area contributed by atoms with Crippen molar-refractivity contribution in [1.29, 1.82) is 0 Å². The van der Waals surface area contributed by atoms with E-state index in [0.717, 1.165) is 0 Å². The molecule has 0 aliphatic rings. The Balaban J connectivity index is 3.55. The molecular formula is C3H4F2O3. The highest BCUT2D eigenvalue weighted by molar-refractivity contribution is 5.67. The van der Waals surface area contributed by atoms with Gasteiger partial charge in [0.25, 0.3) is 0 Å². The smallest absolute Gasteiger partial charge is 0.363 e. The van der Waals surface area contributed by atoms with E-state index in [0.29, 0.717) is 0 Å². The van der Waals surface area contributed by atoms with Gasteiger partial charge in [-0.3, -0.25) is 4.79 Å². The normalized spacial score (nSPS) is 11.4. The van der Waals surface area contributed by atoms with Crippen LogP contribution in [0.15, 0.2) is 0 Å². The molecule has 0 aliphatic carbocycles. The summed E-state index contributed by atoms with van der Waals surface area (Å²) < 4.78 is 22.3. The monoisotopic (exact) mass is 126 g/mol. The Hall–Kier alpha value is -0.710. The summed E-state index contributed by atoms with van der Waals surface area (Å²) in [5, 5.41) is 15.1. The topological polar surface area (TPSA) is 57.5 Å². The average molecular weight is 126 g/mol. The van der Waals surface area contributed by atoms with Gasteiger partial charge in [0.2, 0.25) is 0 Å². The van der Waals surface area contributed by atoms with Crippen LogP contribution in [0.4, 0.5) is 8.78 Å². The van der Waals surface area contributed by atoms with Gasteiger partial charge in [0.15, 0.2) is 0 Å². The van der Waals surface area contributed by atoms with Crippen LogP contribution in [0, 0.1) is 0 Å². The van der Waals surface area contributed by atoms with Crippen LogP contribution in [0.25, 0.3) is 0 Å². The number of carboxylic acids is 1. The van der Waals surface area contributed by atoms with Crippen LogP contribution in [0.5, 0.6) is 0 Å². The van der Waals surface area contributed by atoms with Gasteiger partial charge in [0, 0.05) is 0 Å². The lowest BCUT2D eigenvalue weighted by Gasteiger charge is -2.01. The quantitative estimate of drug-likeness (QED) is 0.549. The van der Waals surface area contributed by atoms with Gasteiger partial charge in [0.1, 0.15) is 6.42 Å². The van der Waals surface area contributed by atoms with Crippen LogP contribution < -0.4 is 0 Å². The summed E-state index contributed by atoms with van der Waals surface area (Å²) in [4.78, 5) is 9.37. The van der Waals surface area contributed by atoms with Gasteiger partial charge in [-0.25, -0.2) is 0 Å². The Labute approximate surface area is 43.6 Å². The van der Waals surface area contributed by atoms with Crippen LogP contribution in [0.2, 0.25) is 0 Å². The minimum atomic E-state index is -4.08. The molecule has 0 unspecified atom stereocenters. The number of alkyl halides is 2. The Morgan fingerprint density at radius 1 is 1.62 bits per heavy atom. The molecule has 0 radical (unpaired) electrons. The molecule has 5 heteroatoms. The number of aliphatic carboxylic acids is 1. The molecule has 2 N–H and O–H groups in total.